The van der Waals surface area contributed by atoms with E-state index in [-0.39, 0.29) is 42.1 Å². The molecule has 2 aromatic rings. The number of rotatable bonds is 11. The van der Waals surface area contributed by atoms with Crippen LogP contribution in [0.2, 0.25) is 0 Å². The van der Waals surface area contributed by atoms with Crippen LogP contribution >= 0.6 is 0 Å². The van der Waals surface area contributed by atoms with Crippen LogP contribution in [0.1, 0.15) is 80.0 Å². The molecular weight excluding hydrogens is 455 g/mol. The number of hydrogen-bond acceptors (Lipinski definition) is 0. The van der Waals surface area contributed by atoms with Crippen LogP contribution in [-0.2, 0) is 19.3 Å². The Kier molecular flexibility index (Phi) is 9.71. The summed E-state index contributed by atoms with van der Waals surface area (Å²) in [5.41, 5.74) is 1.31. The number of allylic oxidation sites excluding steroid dienone is 3. The lowest BCUT2D eigenvalue weighted by molar-refractivity contribution is -0.0747. The Hall–Kier alpha value is -2.43. The molecule has 0 bridgehead atoms. The number of aryl methyl sites for hydroxylation is 1. The lowest BCUT2D eigenvalue weighted by Gasteiger charge is -2.36. The van der Waals surface area contributed by atoms with E-state index in [9.17, 15) is 22.0 Å². The molecule has 2 aromatic carbocycles. The van der Waals surface area contributed by atoms with E-state index in [2.05, 4.69) is 6.58 Å². The molecule has 2 atom stereocenters. The minimum Gasteiger partial charge on any atom is -0.207 e. The van der Waals surface area contributed by atoms with E-state index in [1.165, 1.54) is 18.2 Å². The van der Waals surface area contributed by atoms with Gasteiger partial charge in [0.2, 0.25) is 0 Å². The smallest absolute Gasteiger partial charge is 0.207 e. The average molecular weight is 491 g/mol. The fraction of sp³-hybridized carbons (Fsp3) is 0.467. The molecule has 0 amide bonds. The minimum absolute atomic E-state index is 0.0599. The highest BCUT2D eigenvalue weighted by Gasteiger charge is 2.46. The maximum absolute atomic E-state index is 14.9. The number of alkyl halides is 2. The second kappa shape index (κ2) is 12.5. The quantitative estimate of drug-likeness (QED) is 0.217. The second-order valence-electron chi connectivity index (χ2n) is 9.68. The summed E-state index contributed by atoms with van der Waals surface area (Å²) in [5.74, 6) is -6.88. The minimum atomic E-state index is -3.04. The van der Waals surface area contributed by atoms with Crippen LogP contribution in [0.4, 0.5) is 22.0 Å². The molecule has 0 heterocycles. The van der Waals surface area contributed by atoms with E-state index in [4.69, 9.17) is 0 Å². The van der Waals surface area contributed by atoms with Gasteiger partial charge in [-0.05, 0) is 72.8 Å². The van der Waals surface area contributed by atoms with E-state index in [1.807, 2.05) is 13.0 Å². The van der Waals surface area contributed by atoms with Gasteiger partial charge in [0.15, 0.2) is 11.6 Å². The molecule has 0 spiro atoms. The summed E-state index contributed by atoms with van der Waals surface area (Å²) < 4.78 is 73.4. The molecule has 1 aliphatic rings. The van der Waals surface area contributed by atoms with Gasteiger partial charge in [-0.2, -0.15) is 0 Å². The van der Waals surface area contributed by atoms with Crippen molar-refractivity contribution in [1.82, 2.24) is 0 Å². The Morgan fingerprint density at radius 1 is 0.971 bits per heavy atom. The Labute approximate surface area is 206 Å². The molecule has 0 saturated heterocycles. The predicted molar refractivity (Wildman–Crippen MR) is 132 cm³/mol. The Morgan fingerprint density at radius 3 is 2.40 bits per heavy atom. The highest BCUT2D eigenvalue weighted by Crippen LogP contribution is 2.48. The summed E-state index contributed by atoms with van der Waals surface area (Å²) in [6.07, 6.45) is 10.2. The molecule has 1 saturated carbocycles. The number of benzene rings is 2. The Morgan fingerprint density at radius 2 is 1.71 bits per heavy atom. The van der Waals surface area contributed by atoms with Crippen molar-refractivity contribution < 1.29 is 22.0 Å². The lowest BCUT2D eigenvalue weighted by atomic mass is 9.74. The van der Waals surface area contributed by atoms with Crippen molar-refractivity contribution in [3.63, 3.8) is 0 Å². The van der Waals surface area contributed by atoms with Crippen molar-refractivity contribution in [3.05, 3.63) is 94.8 Å². The molecule has 35 heavy (non-hydrogen) atoms. The molecule has 190 valence electrons. The molecular formula is C30H35F5. The van der Waals surface area contributed by atoms with Gasteiger partial charge in [0.05, 0.1) is 5.92 Å². The van der Waals surface area contributed by atoms with Crippen molar-refractivity contribution >= 4 is 0 Å². The standard InChI is InChI=1S/C30H35F5/c1-3-5-9-22-14-18-26(30(34,35)20-22)25-17-16-24(28(32)29(25)33)12-8-7-10-21-13-15-23(11-6-4-2)27(31)19-21/h4,7-8,13,15-17,19,22,26H,2-3,5-6,9-12,14,18,20H2,1H3/b8-7-. The predicted octanol–water partition coefficient (Wildman–Crippen LogP) is 9.27. The van der Waals surface area contributed by atoms with Crippen molar-refractivity contribution in [3.8, 4) is 0 Å². The summed E-state index contributed by atoms with van der Waals surface area (Å²) in [6.45, 7) is 5.67. The highest BCUT2D eigenvalue weighted by atomic mass is 19.3. The third kappa shape index (κ3) is 7.05. The van der Waals surface area contributed by atoms with Crippen LogP contribution in [0.25, 0.3) is 0 Å². The summed E-state index contributed by atoms with van der Waals surface area (Å²) in [7, 11) is 0. The van der Waals surface area contributed by atoms with E-state index in [0.29, 0.717) is 31.2 Å². The maximum atomic E-state index is 14.9. The Bertz CT molecular complexity index is 1020. The SMILES string of the molecule is C=CCCc1ccc(C/C=C\Cc2ccc(C3CCC(CCCC)CC3(F)F)c(F)c2F)cc1F. The Balaban J connectivity index is 1.62. The van der Waals surface area contributed by atoms with E-state index >= 15 is 0 Å². The first-order valence-electron chi connectivity index (χ1n) is 12.6. The highest BCUT2D eigenvalue weighted by molar-refractivity contribution is 5.32. The molecule has 5 heteroatoms. The van der Waals surface area contributed by atoms with Gasteiger partial charge in [0.1, 0.15) is 5.82 Å². The van der Waals surface area contributed by atoms with Crippen LogP contribution in [0.3, 0.4) is 0 Å². The van der Waals surface area contributed by atoms with Crippen LogP contribution in [0.15, 0.2) is 55.1 Å². The molecule has 1 fully saturated rings. The maximum Gasteiger partial charge on any atom is 0.255 e. The zero-order valence-corrected chi connectivity index (χ0v) is 20.4. The topological polar surface area (TPSA) is 0 Å². The van der Waals surface area contributed by atoms with Gasteiger partial charge in [0.25, 0.3) is 5.92 Å². The normalized spacial score (nSPS) is 19.8. The van der Waals surface area contributed by atoms with E-state index in [0.717, 1.165) is 24.8 Å². The second-order valence-corrected chi connectivity index (χ2v) is 9.68. The molecule has 1 aliphatic carbocycles. The van der Waals surface area contributed by atoms with Gasteiger partial charge in [-0.15, -0.1) is 6.58 Å². The molecule has 0 nitrogen and oxygen atoms in total. The first-order chi connectivity index (χ1) is 16.8. The summed E-state index contributed by atoms with van der Waals surface area (Å²) >= 11 is 0. The summed E-state index contributed by atoms with van der Waals surface area (Å²) in [5, 5.41) is 0. The number of halogens is 5. The fourth-order valence-electron chi connectivity index (χ4n) is 5.00. The van der Waals surface area contributed by atoms with Crippen LogP contribution in [0.5, 0.6) is 0 Å². The van der Waals surface area contributed by atoms with Gasteiger partial charge in [0, 0.05) is 6.42 Å². The molecule has 0 aromatic heterocycles. The van der Waals surface area contributed by atoms with Gasteiger partial charge < -0.3 is 0 Å². The van der Waals surface area contributed by atoms with Crippen molar-refractivity contribution in [2.75, 3.05) is 0 Å². The van der Waals surface area contributed by atoms with Crippen molar-refractivity contribution in [1.29, 1.82) is 0 Å². The number of hydrogen-bond donors (Lipinski definition) is 0. The van der Waals surface area contributed by atoms with Gasteiger partial charge >= 0.3 is 0 Å². The van der Waals surface area contributed by atoms with Crippen LogP contribution in [-0.4, -0.2) is 5.92 Å². The van der Waals surface area contributed by atoms with Crippen molar-refractivity contribution in [2.24, 2.45) is 5.92 Å². The van der Waals surface area contributed by atoms with Gasteiger partial charge in [-0.1, -0.05) is 68.7 Å². The van der Waals surface area contributed by atoms with E-state index < -0.39 is 23.5 Å². The zero-order chi connectivity index (χ0) is 25.4. The fourth-order valence-corrected chi connectivity index (χ4v) is 5.00. The third-order valence-electron chi connectivity index (χ3n) is 7.06. The number of unbranched alkanes of at least 4 members (excludes halogenated alkanes) is 1. The summed E-state index contributed by atoms with van der Waals surface area (Å²) in [6, 6.07) is 7.81. The summed E-state index contributed by atoms with van der Waals surface area (Å²) in [4.78, 5) is 0. The van der Waals surface area contributed by atoms with Gasteiger partial charge in [-0.3, -0.25) is 0 Å². The molecule has 0 N–H and O–H groups in total. The molecule has 3 rings (SSSR count). The average Bonchev–Trinajstić information content (AvgIpc) is 2.82. The molecule has 2 unspecified atom stereocenters. The largest absolute Gasteiger partial charge is 0.255 e. The zero-order valence-electron chi connectivity index (χ0n) is 20.4. The monoisotopic (exact) mass is 490 g/mol. The van der Waals surface area contributed by atoms with E-state index in [1.54, 1.807) is 24.3 Å². The van der Waals surface area contributed by atoms with Crippen LogP contribution < -0.4 is 0 Å². The lowest BCUT2D eigenvalue weighted by Crippen LogP contribution is -2.35. The third-order valence-corrected chi connectivity index (χ3v) is 7.06. The first-order valence-corrected chi connectivity index (χ1v) is 12.6. The van der Waals surface area contributed by atoms with Crippen LogP contribution in [0, 0.1) is 23.4 Å². The molecule has 0 aliphatic heterocycles. The molecule has 0 radical (unpaired) electrons. The first kappa shape index (κ1) is 27.2. The van der Waals surface area contributed by atoms with Gasteiger partial charge in [-0.25, -0.2) is 22.0 Å². The van der Waals surface area contributed by atoms with Crippen molar-refractivity contribution in [2.45, 2.75) is 83.0 Å².